The van der Waals surface area contributed by atoms with E-state index >= 15 is 0 Å². The molecule has 19 heavy (non-hydrogen) atoms. The van der Waals surface area contributed by atoms with Crippen LogP contribution in [-0.2, 0) is 0 Å². The first kappa shape index (κ1) is 11.2. The van der Waals surface area contributed by atoms with E-state index in [1.807, 2.05) is 24.3 Å². The number of nitrogens with two attached hydrogens (primary N) is 1. The maximum Gasteiger partial charge on any atom is 0.261 e. The number of aromatic amines is 1. The van der Waals surface area contributed by atoms with Crippen molar-refractivity contribution in [2.24, 2.45) is 0 Å². The summed E-state index contributed by atoms with van der Waals surface area (Å²) in [4.78, 5) is 16.2. The molecule has 3 aromatic rings. The highest BCUT2D eigenvalue weighted by Gasteiger charge is 2.11. The fourth-order valence-corrected chi connectivity index (χ4v) is 1.83. The molecule has 0 saturated carbocycles. The molecule has 0 bridgehead atoms. The largest absolute Gasteiger partial charge is 0.383 e. The van der Waals surface area contributed by atoms with Crippen molar-refractivity contribution in [3.05, 3.63) is 48.3 Å². The Morgan fingerprint density at radius 1 is 1.32 bits per heavy atom. The van der Waals surface area contributed by atoms with E-state index in [2.05, 4.69) is 20.5 Å². The van der Waals surface area contributed by atoms with Gasteiger partial charge in [0.25, 0.3) is 5.91 Å². The average Bonchev–Trinajstić information content (AvgIpc) is 2.85. The summed E-state index contributed by atoms with van der Waals surface area (Å²) >= 11 is 0. The van der Waals surface area contributed by atoms with Crippen molar-refractivity contribution in [3.8, 4) is 0 Å². The lowest BCUT2D eigenvalue weighted by molar-refractivity contribution is 0.102. The summed E-state index contributed by atoms with van der Waals surface area (Å²) in [5.41, 5.74) is 7.49. The van der Waals surface area contributed by atoms with Gasteiger partial charge < -0.3 is 11.1 Å². The van der Waals surface area contributed by atoms with E-state index in [1.54, 1.807) is 12.3 Å². The Morgan fingerprint density at radius 2 is 2.21 bits per heavy atom. The molecule has 0 aliphatic rings. The molecule has 6 heteroatoms. The van der Waals surface area contributed by atoms with E-state index < -0.39 is 0 Å². The van der Waals surface area contributed by atoms with Crippen LogP contribution in [0.1, 0.15) is 10.4 Å². The molecule has 6 nitrogen and oxygen atoms in total. The number of aromatic nitrogens is 3. The Hall–Kier alpha value is -2.89. The number of nitrogens with one attached hydrogen (secondary N) is 2. The van der Waals surface area contributed by atoms with Crippen molar-refractivity contribution in [3.63, 3.8) is 0 Å². The minimum Gasteiger partial charge on any atom is -0.383 e. The molecule has 94 valence electrons. The van der Waals surface area contributed by atoms with Gasteiger partial charge in [-0.2, -0.15) is 5.10 Å². The van der Waals surface area contributed by atoms with Gasteiger partial charge in [-0.3, -0.25) is 14.9 Å². The highest BCUT2D eigenvalue weighted by atomic mass is 16.1. The van der Waals surface area contributed by atoms with Crippen LogP contribution in [0.3, 0.4) is 0 Å². The molecule has 0 aliphatic heterocycles. The lowest BCUT2D eigenvalue weighted by Crippen LogP contribution is -2.12. The van der Waals surface area contributed by atoms with Crippen LogP contribution in [0.4, 0.5) is 11.5 Å². The zero-order valence-corrected chi connectivity index (χ0v) is 9.92. The van der Waals surface area contributed by atoms with E-state index in [0.717, 1.165) is 10.9 Å². The molecule has 3 rings (SSSR count). The molecular weight excluding hydrogens is 242 g/mol. The molecular formula is C13H11N5O. The van der Waals surface area contributed by atoms with Crippen LogP contribution in [0, 0.1) is 0 Å². The molecule has 1 aromatic carbocycles. The molecule has 2 aromatic heterocycles. The predicted molar refractivity (Wildman–Crippen MR) is 72.7 cm³/mol. The van der Waals surface area contributed by atoms with Crippen LogP contribution < -0.4 is 11.1 Å². The minimum absolute atomic E-state index is 0.250. The van der Waals surface area contributed by atoms with Crippen LogP contribution in [0.2, 0.25) is 0 Å². The Labute approximate surface area is 108 Å². The van der Waals surface area contributed by atoms with Crippen molar-refractivity contribution < 1.29 is 4.79 Å². The summed E-state index contributed by atoms with van der Waals surface area (Å²) in [6, 6.07) is 9.29. The maximum absolute atomic E-state index is 12.0. The number of hydrogen-bond acceptors (Lipinski definition) is 4. The molecule has 2 heterocycles. The highest BCUT2D eigenvalue weighted by Crippen LogP contribution is 2.18. The van der Waals surface area contributed by atoms with Gasteiger partial charge in [0.05, 0.1) is 11.7 Å². The maximum atomic E-state index is 12.0. The van der Waals surface area contributed by atoms with Gasteiger partial charge in [-0.15, -0.1) is 0 Å². The van der Waals surface area contributed by atoms with Gasteiger partial charge in [0.1, 0.15) is 11.4 Å². The number of hydrogen-bond donors (Lipinski definition) is 3. The van der Waals surface area contributed by atoms with Crippen LogP contribution in [0.25, 0.3) is 10.9 Å². The lowest BCUT2D eigenvalue weighted by atomic mass is 10.2. The fraction of sp³-hybridized carbons (Fsp3) is 0. The van der Waals surface area contributed by atoms with Gasteiger partial charge in [0.2, 0.25) is 0 Å². The van der Waals surface area contributed by atoms with Crippen LogP contribution in [0.15, 0.2) is 42.7 Å². The van der Waals surface area contributed by atoms with Crippen molar-refractivity contribution >= 4 is 28.3 Å². The zero-order valence-electron chi connectivity index (χ0n) is 9.92. The number of rotatable bonds is 2. The smallest absolute Gasteiger partial charge is 0.261 e. The lowest BCUT2D eigenvalue weighted by Gasteiger charge is -2.05. The fourth-order valence-electron chi connectivity index (χ4n) is 1.83. The Kier molecular flexibility index (Phi) is 2.60. The second-order valence-electron chi connectivity index (χ2n) is 4.06. The first-order chi connectivity index (χ1) is 9.24. The molecule has 0 radical (unpaired) electrons. The van der Waals surface area contributed by atoms with Crippen molar-refractivity contribution in [1.29, 1.82) is 0 Å². The third kappa shape index (κ3) is 2.11. The van der Waals surface area contributed by atoms with Crippen molar-refractivity contribution in [2.45, 2.75) is 0 Å². The van der Waals surface area contributed by atoms with Crippen LogP contribution >= 0.6 is 0 Å². The quantitative estimate of drug-likeness (QED) is 0.648. The normalized spacial score (nSPS) is 10.5. The molecule has 1 amide bonds. The standard InChI is InChI=1S/C13H11N5O/c14-12-10(7-16-18-12)13(19)17-9-3-4-11-8(6-9)2-1-5-15-11/h1-7H,(H,17,19)(H3,14,16,18). The number of carbonyl (C=O) groups is 1. The Balaban J connectivity index is 1.89. The van der Waals surface area contributed by atoms with Gasteiger partial charge in [0, 0.05) is 17.3 Å². The van der Waals surface area contributed by atoms with E-state index in [4.69, 9.17) is 5.73 Å². The molecule has 0 fully saturated rings. The predicted octanol–water partition coefficient (Wildman–Crippen LogP) is 1.79. The summed E-state index contributed by atoms with van der Waals surface area (Å²) in [5, 5.41) is 9.96. The first-order valence-corrected chi connectivity index (χ1v) is 5.69. The third-order valence-corrected chi connectivity index (χ3v) is 2.77. The molecule has 4 N–H and O–H groups in total. The summed E-state index contributed by atoms with van der Waals surface area (Å²) < 4.78 is 0. The summed E-state index contributed by atoms with van der Waals surface area (Å²) in [6.45, 7) is 0. The molecule has 0 aliphatic carbocycles. The van der Waals surface area contributed by atoms with E-state index in [0.29, 0.717) is 11.3 Å². The third-order valence-electron chi connectivity index (χ3n) is 2.77. The molecule has 0 spiro atoms. The Morgan fingerprint density at radius 3 is 3.00 bits per heavy atom. The van der Waals surface area contributed by atoms with Gasteiger partial charge in [-0.05, 0) is 24.3 Å². The number of benzene rings is 1. The van der Waals surface area contributed by atoms with Crippen LogP contribution in [0.5, 0.6) is 0 Å². The van der Waals surface area contributed by atoms with Gasteiger partial charge in [-0.1, -0.05) is 6.07 Å². The zero-order chi connectivity index (χ0) is 13.2. The second kappa shape index (κ2) is 4.41. The van der Waals surface area contributed by atoms with Gasteiger partial charge >= 0.3 is 0 Å². The molecule has 0 saturated heterocycles. The van der Waals surface area contributed by atoms with E-state index in [-0.39, 0.29) is 11.7 Å². The minimum atomic E-state index is -0.297. The monoisotopic (exact) mass is 253 g/mol. The van der Waals surface area contributed by atoms with Gasteiger partial charge in [0.15, 0.2) is 0 Å². The number of pyridine rings is 1. The number of anilines is 2. The topological polar surface area (TPSA) is 96.7 Å². The van der Waals surface area contributed by atoms with Crippen molar-refractivity contribution in [1.82, 2.24) is 15.2 Å². The van der Waals surface area contributed by atoms with Crippen molar-refractivity contribution in [2.75, 3.05) is 11.1 Å². The summed E-state index contributed by atoms with van der Waals surface area (Å²) in [5.74, 6) is -0.0468. The number of H-pyrrole nitrogens is 1. The number of nitrogens with zero attached hydrogens (tertiary/aromatic N) is 2. The number of amides is 1. The van der Waals surface area contributed by atoms with Gasteiger partial charge in [-0.25, -0.2) is 0 Å². The Bertz CT molecular complexity index is 749. The number of nitrogen functional groups attached to an aromatic ring is 1. The first-order valence-electron chi connectivity index (χ1n) is 5.69. The summed E-state index contributed by atoms with van der Waals surface area (Å²) in [7, 11) is 0. The average molecular weight is 253 g/mol. The number of carbonyl (C=O) groups excluding carboxylic acids is 1. The molecule has 0 unspecified atom stereocenters. The second-order valence-corrected chi connectivity index (χ2v) is 4.06. The summed E-state index contributed by atoms with van der Waals surface area (Å²) in [6.07, 6.45) is 3.13. The number of fused-ring (bicyclic) bond motifs is 1. The van der Waals surface area contributed by atoms with Crippen LogP contribution in [-0.4, -0.2) is 21.1 Å². The van der Waals surface area contributed by atoms with E-state index in [9.17, 15) is 4.79 Å². The van der Waals surface area contributed by atoms with E-state index in [1.165, 1.54) is 6.20 Å². The molecule has 0 atom stereocenters. The highest BCUT2D eigenvalue weighted by molar-refractivity contribution is 6.07. The SMILES string of the molecule is Nc1[nH]ncc1C(=O)Nc1ccc2ncccc2c1.